The lowest BCUT2D eigenvalue weighted by Crippen LogP contribution is -2.43. The monoisotopic (exact) mass is 413 g/mol. The molecule has 150 valence electrons. The standard InChI is InChI=1S/C19H27N5O.2ClH/c1-12-4-6-14(7-5-12)17(20)19(25)23-16-9-8-15(11-21-16)18-13(2)10-22-24(18)3;;/h8-12,14,17H,4-7,20H2,1-3H3,(H,21,23,25);2*1H. The van der Waals surface area contributed by atoms with E-state index in [2.05, 4.69) is 22.3 Å². The highest BCUT2D eigenvalue weighted by molar-refractivity contribution is 5.94. The largest absolute Gasteiger partial charge is 0.320 e. The van der Waals surface area contributed by atoms with E-state index < -0.39 is 6.04 Å². The van der Waals surface area contributed by atoms with Gasteiger partial charge in [0.2, 0.25) is 5.91 Å². The number of anilines is 1. The first kappa shape index (κ1) is 23.4. The van der Waals surface area contributed by atoms with E-state index >= 15 is 0 Å². The third-order valence-corrected chi connectivity index (χ3v) is 5.28. The highest BCUT2D eigenvalue weighted by Crippen LogP contribution is 2.30. The lowest BCUT2D eigenvalue weighted by molar-refractivity contribution is -0.118. The third kappa shape index (κ3) is 5.43. The maximum Gasteiger partial charge on any atom is 0.242 e. The van der Waals surface area contributed by atoms with Gasteiger partial charge in [-0.05, 0) is 49.3 Å². The number of hydrogen-bond acceptors (Lipinski definition) is 4. The lowest BCUT2D eigenvalue weighted by atomic mass is 9.79. The molecule has 2 aromatic rings. The maximum atomic E-state index is 12.4. The van der Waals surface area contributed by atoms with Gasteiger partial charge in [-0.2, -0.15) is 5.10 Å². The van der Waals surface area contributed by atoms with Crippen LogP contribution < -0.4 is 11.1 Å². The predicted molar refractivity (Wildman–Crippen MR) is 113 cm³/mol. The Balaban J connectivity index is 0.00000182. The summed E-state index contributed by atoms with van der Waals surface area (Å²) in [6.07, 6.45) is 7.96. The average molecular weight is 414 g/mol. The van der Waals surface area contributed by atoms with E-state index in [1.54, 1.807) is 6.20 Å². The molecule has 8 heteroatoms. The van der Waals surface area contributed by atoms with Gasteiger partial charge in [0.05, 0.1) is 17.9 Å². The molecule has 0 saturated heterocycles. The highest BCUT2D eigenvalue weighted by Gasteiger charge is 2.28. The van der Waals surface area contributed by atoms with Crippen molar-refractivity contribution in [1.29, 1.82) is 0 Å². The molecule has 1 fully saturated rings. The Morgan fingerprint density at radius 1 is 1.22 bits per heavy atom. The fraction of sp³-hybridized carbons (Fsp3) is 0.526. The zero-order chi connectivity index (χ0) is 18.0. The summed E-state index contributed by atoms with van der Waals surface area (Å²) in [5.74, 6) is 1.41. The molecule has 2 heterocycles. The minimum Gasteiger partial charge on any atom is -0.320 e. The Kier molecular flexibility index (Phi) is 8.72. The number of nitrogens with zero attached hydrogens (tertiary/aromatic N) is 3. The van der Waals surface area contributed by atoms with Gasteiger partial charge in [-0.15, -0.1) is 24.8 Å². The summed E-state index contributed by atoms with van der Waals surface area (Å²) < 4.78 is 1.82. The fourth-order valence-electron chi connectivity index (χ4n) is 3.64. The van der Waals surface area contributed by atoms with Crippen molar-refractivity contribution in [2.24, 2.45) is 24.6 Å². The molecule has 0 bridgehead atoms. The molecular weight excluding hydrogens is 385 g/mol. The van der Waals surface area contributed by atoms with Crippen molar-refractivity contribution in [2.45, 2.75) is 45.6 Å². The van der Waals surface area contributed by atoms with Crippen molar-refractivity contribution in [2.75, 3.05) is 5.32 Å². The van der Waals surface area contributed by atoms with Crippen LogP contribution in [0, 0.1) is 18.8 Å². The number of carbonyl (C=O) groups excluding carboxylic acids is 1. The Bertz CT molecular complexity index is 720. The molecular formula is C19H29Cl2N5O. The molecule has 1 aliphatic carbocycles. The van der Waals surface area contributed by atoms with E-state index in [4.69, 9.17) is 5.73 Å². The molecule has 1 atom stereocenters. The molecule has 1 aliphatic rings. The number of nitrogens with one attached hydrogen (secondary N) is 1. The predicted octanol–water partition coefficient (Wildman–Crippen LogP) is 3.73. The molecule has 0 radical (unpaired) electrons. The first-order valence-electron chi connectivity index (χ1n) is 8.97. The second kappa shape index (κ2) is 10.1. The first-order chi connectivity index (χ1) is 12.0. The van der Waals surface area contributed by atoms with Gasteiger partial charge in [0, 0.05) is 18.8 Å². The number of pyridine rings is 1. The number of aryl methyl sites for hydroxylation is 2. The summed E-state index contributed by atoms with van der Waals surface area (Å²) in [6, 6.07) is 3.30. The minimum absolute atomic E-state index is 0. The first-order valence-corrected chi connectivity index (χ1v) is 8.97. The maximum absolute atomic E-state index is 12.4. The van der Waals surface area contributed by atoms with Crippen LogP contribution in [0.2, 0.25) is 0 Å². The van der Waals surface area contributed by atoms with E-state index in [9.17, 15) is 4.79 Å². The van der Waals surface area contributed by atoms with Crippen LogP contribution in [0.3, 0.4) is 0 Å². The quantitative estimate of drug-likeness (QED) is 0.799. The summed E-state index contributed by atoms with van der Waals surface area (Å²) in [4.78, 5) is 16.8. The van der Waals surface area contributed by atoms with Gasteiger partial charge in [-0.3, -0.25) is 9.48 Å². The molecule has 1 unspecified atom stereocenters. The normalized spacial score (nSPS) is 20.1. The van der Waals surface area contributed by atoms with E-state index in [1.165, 1.54) is 0 Å². The molecule has 0 aromatic carbocycles. The molecule has 1 saturated carbocycles. The third-order valence-electron chi connectivity index (χ3n) is 5.28. The highest BCUT2D eigenvalue weighted by atomic mass is 35.5. The van der Waals surface area contributed by atoms with E-state index in [0.29, 0.717) is 5.82 Å². The summed E-state index contributed by atoms with van der Waals surface area (Å²) in [5, 5.41) is 7.10. The minimum atomic E-state index is -0.465. The van der Waals surface area contributed by atoms with E-state index in [0.717, 1.165) is 48.4 Å². The van der Waals surface area contributed by atoms with Crippen LogP contribution in [0.4, 0.5) is 5.82 Å². The summed E-state index contributed by atoms with van der Waals surface area (Å²) in [7, 11) is 1.90. The van der Waals surface area contributed by atoms with Gasteiger partial charge in [0.1, 0.15) is 5.82 Å². The van der Waals surface area contributed by atoms with Crippen LogP contribution in [-0.2, 0) is 11.8 Å². The number of nitrogens with two attached hydrogens (primary N) is 1. The number of rotatable bonds is 4. The molecule has 2 aromatic heterocycles. The summed E-state index contributed by atoms with van der Waals surface area (Å²) in [5.41, 5.74) is 9.27. The van der Waals surface area contributed by atoms with Crippen molar-refractivity contribution in [3.63, 3.8) is 0 Å². The molecule has 6 nitrogen and oxygen atoms in total. The van der Waals surface area contributed by atoms with Crippen LogP contribution in [0.1, 0.15) is 38.2 Å². The molecule has 3 N–H and O–H groups in total. The van der Waals surface area contributed by atoms with Crippen LogP contribution in [-0.4, -0.2) is 26.7 Å². The number of carbonyl (C=O) groups is 1. The number of hydrogen-bond donors (Lipinski definition) is 2. The van der Waals surface area contributed by atoms with Crippen LogP contribution in [0.5, 0.6) is 0 Å². The SMILES string of the molecule is Cc1cnn(C)c1-c1ccc(NC(=O)C(N)C2CCC(C)CC2)nc1.Cl.Cl. The van der Waals surface area contributed by atoms with Crippen molar-refractivity contribution >= 4 is 36.5 Å². The number of amides is 1. The smallest absolute Gasteiger partial charge is 0.242 e. The molecule has 0 spiro atoms. The molecule has 0 aliphatic heterocycles. The van der Waals surface area contributed by atoms with Gasteiger partial charge in [0.25, 0.3) is 0 Å². The fourth-order valence-corrected chi connectivity index (χ4v) is 3.64. The molecule has 27 heavy (non-hydrogen) atoms. The van der Waals surface area contributed by atoms with Gasteiger partial charge >= 0.3 is 0 Å². The summed E-state index contributed by atoms with van der Waals surface area (Å²) in [6.45, 7) is 4.28. The Morgan fingerprint density at radius 2 is 1.89 bits per heavy atom. The second-order valence-corrected chi connectivity index (χ2v) is 7.27. The van der Waals surface area contributed by atoms with Crippen LogP contribution >= 0.6 is 24.8 Å². The Hall–Kier alpha value is -1.63. The van der Waals surface area contributed by atoms with Crippen molar-refractivity contribution in [1.82, 2.24) is 14.8 Å². The van der Waals surface area contributed by atoms with Gasteiger partial charge < -0.3 is 11.1 Å². The number of aromatic nitrogens is 3. The average Bonchev–Trinajstić information content (AvgIpc) is 2.94. The zero-order valence-electron chi connectivity index (χ0n) is 16.0. The van der Waals surface area contributed by atoms with Crippen molar-refractivity contribution in [3.05, 3.63) is 30.1 Å². The second-order valence-electron chi connectivity index (χ2n) is 7.27. The van der Waals surface area contributed by atoms with Gasteiger partial charge in [0.15, 0.2) is 0 Å². The zero-order valence-corrected chi connectivity index (χ0v) is 17.6. The van der Waals surface area contributed by atoms with Crippen molar-refractivity contribution in [3.8, 4) is 11.3 Å². The van der Waals surface area contributed by atoms with Crippen molar-refractivity contribution < 1.29 is 4.79 Å². The van der Waals surface area contributed by atoms with E-state index in [-0.39, 0.29) is 36.6 Å². The van der Waals surface area contributed by atoms with E-state index in [1.807, 2.05) is 37.0 Å². The number of halogens is 2. The Morgan fingerprint density at radius 3 is 2.41 bits per heavy atom. The Labute approximate surface area is 173 Å². The van der Waals surface area contributed by atoms with Gasteiger partial charge in [-0.25, -0.2) is 4.98 Å². The molecule has 1 amide bonds. The molecule has 3 rings (SSSR count). The summed E-state index contributed by atoms with van der Waals surface area (Å²) >= 11 is 0. The van der Waals surface area contributed by atoms with Crippen LogP contribution in [0.25, 0.3) is 11.3 Å². The van der Waals surface area contributed by atoms with Crippen LogP contribution in [0.15, 0.2) is 24.5 Å². The lowest BCUT2D eigenvalue weighted by Gasteiger charge is -2.29. The topological polar surface area (TPSA) is 85.8 Å². The van der Waals surface area contributed by atoms with Gasteiger partial charge in [-0.1, -0.05) is 19.8 Å².